The highest BCUT2D eigenvalue weighted by Gasteiger charge is 2.20. The lowest BCUT2D eigenvalue weighted by Gasteiger charge is -2.34. The number of hydrogen-bond donors (Lipinski definition) is 3. The number of hydrogen-bond acceptors (Lipinski definition) is 11. The van der Waals surface area contributed by atoms with E-state index >= 15 is 0 Å². The van der Waals surface area contributed by atoms with E-state index in [1.807, 2.05) is 18.3 Å². The first kappa shape index (κ1) is 25.7. The minimum Gasteiger partial charge on any atom is -0.395 e. The van der Waals surface area contributed by atoms with E-state index in [1.165, 1.54) is 0 Å². The second-order valence-electron chi connectivity index (χ2n) is 9.65. The van der Waals surface area contributed by atoms with Gasteiger partial charge in [-0.15, -0.1) is 0 Å². The number of ether oxygens (including phenoxy) is 1. The Hall–Kier alpha value is -2.96. The summed E-state index contributed by atoms with van der Waals surface area (Å²) in [7, 11) is 0. The van der Waals surface area contributed by atoms with Gasteiger partial charge < -0.3 is 25.2 Å². The maximum atomic E-state index is 10.2. The summed E-state index contributed by atoms with van der Waals surface area (Å²) >= 11 is 0. The summed E-state index contributed by atoms with van der Waals surface area (Å²) in [4.78, 5) is 25.5. The fourth-order valence-electron chi connectivity index (χ4n) is 4.77. The standard InChI is InChI=1S/C26H36N8O3/c1-19(36)22-15-21-17-28-26(31-24(21)25(29-22)34-5-2-13-37-14-11-34)30-23-4-3-20(16-27-23)18-33-8-6-32(7-9-33)10-12-35/h3-4,15-17,19,35-36H,2,5-14,18H2,1H3,(H,27,28,30,31)/t19-/m1/s1. The van der Waals surface area contributed by atoms with Crippen LogP contribution in [-0.2, 0) is 11.3 Å². The molecule has 3 aromatic rings. The molecule has 37 heavy (non-hydrogen) atoms. The van der Waals surface area contributed by atoms with E-state index in [0.29, 0.717) is 24.1 Å². The van der Waals surface area contributed by atoms with Crippen LogP contribution < -0.4 is 10.2 Å². The Kier molecular flexibility index (Phi) is 8.37. The van der Waals surface area contributed by atoms with E-state index in [9.17, 15) is 5.11 Å². The van der Waals surface area contributed by atoms with Crippen molar-refractivity contribution in [3.63, 3.8) is 0 Å². The third-order valence-corrected chi connectivity index (χ3v) is 6.87. The van der Waals surface area contributed by atoms with Gasteiger partial charge >= 0.3 is 0 Å². The van der Waals surface area contributed by atoms with Crippen molar-refractivity contribution >= 4 is 28.5 Å². The van der Waals surface area contributed by atoms with Crippen LogP contribution in [0.5, 0.6) is 0 Å². The average Bonchev–Trinajstić information content (AvgIpc) is 3.20. The van der Waals surface area contributed by atoms with Gasteiger partial charge in [-0.2, -0.15) is 0 Å². The molecule has 2 aliphatic heterocycles. The van der Waals surface area contributed by atoms with Crippen LogP contribution in [-0.4, -0.2) is 106 Å². The monoisotopic (exact) mass is 508 g/mol. The van der Waals surface area contributed by atoms with Crippen LogP contribution in [0.2, 0.25) is 0 Å². The number of piperazine rings is 1. The highest BCUT2D eigenvalue weighted by molar-refractivity contribution is 5.89. The number of aliphatic hydroxyl groups excluding tert-OH is 2. The number of fused-ring (bicyclic) bond motifs is 1. The van der Waals surface area contributed by atoms with Gasteiger partial charge in [0.15, 0.2) is 5.82 Å². The molecule has 3 aromatic heterocycles. The Morgan fingerprint density at radius 2 is 1.84 bits per heavy atom. The van der Waals surface area contributed by atoms with Gasteiger partial charge in [0, 0.05) is 76.7 Å². The van der Waals surface area contributed by atoms with Crippen molar-refractivity contribution in [1.82, 2.24) is 29.7 Å². The summed E-state index contributed by atoms with van der Waals surface area (Å²) in [6, 6.07) is 5.88. The van der Waals surface area contributed by atoms with Crippen molar-refractivity contribution in [2.75, 3.05) is 75.9 Å². The second-order valence-corrected chi connectivity index (χ2v) is 9.65. The predicted octanol–water partition coefficient (Wildman–Crippen LogP) is 1.55. The van der Waals surface area contributed by atoms with E-state index in [4.69, 9.17) is 19.8 Å². The number of β-amino-alcohol motifs (C(OH)–C–C–N with tert-alkyl or cyclic N) is 1. The Labute approximate surface area is 217 Å². The zero-order valence-electron chi connectivity index (χ0n) is 21.4. The van der Waals surface area contributed by atoms with Gasteiger partial charge in [-0.25, -0.2) is 19.9 Å². The summed E-state index contributed by atoms with van der Waals surface area (Å²) in [6.45, 7) is 10.4. The molecule has 0 radical (unpaired) electrons. The first-order valence-electron chi connectivity index (χ1n) is 13.0. The molecule has 0 amide bonds. The largest absolute Gasteiger partial charge is 0.395 e. The lowest BCUT2D eigenvalue weighted by atomic mass is 10.2. The molecule has 0 unspecified atom stereocenters. The van der Waals surface area contributed by atoms with E-state index in [1.54, 1.807) is 13.1 Å². The molecule has 198 valence electrons. The van der Waals surface area contributed by atoms with E-state index in [-0.39, 0.29) is 6.61 Å². The smallest absolute Gasteiger partial charge is 0.229 e. The SMILES string of the molecule is C[C@@H](O)c1cc2cnc(Nc3ccc(CN4CCN(CCO)CC4)cn3)nc2c(N2CCCOCC2)n1. The molecule has 2 fully saturated rings. The molecule has 0 saturated carbocycles. The van der Waals surface area contributed by atoms with Gasteiger partial charge in [-0.05, 0) is 31.0 Å². The third-order valence-electron chi connectivity index (χ3n) is 6.87. The zero-order chi connectivity index (χ0) is 25.6. The quantitative estimate of drug-likeness (QED) is 0.411. The molecule has 5 rings (SSSR count). The fraction of sp³-hybridized carbons (Fsp3) is 0.538. The van der Waals surface area contributed by atoms with Crippen molar-refractivity contribution in [2.45, 2.75) is 26.0 Å². The van der Waals surface area contributed by atoms with Crippen LogP contribution in [0.4, 0.5) is 17.6 Å². The molecular formula is C26H36N8O3. The van der Waals surface area contributed by atoms with E-state index in [0.717, 1.165) is 87.7 Å². The minimum absolute atomic E-state index is 0.216. The van der Waals surface area contributed by atoms with Crippen LogP contribution in [0.15, 0.2) is 30.6 Å². The summed E-state index contributed by atoms with van der Waals surface area (Å²) in [5.41, 5.74) is 2.49. The Balaban J connectivity index is 1.30. The van der Waals surface area contributed by atoms with Crippen LogP contribution in [0.3, 0.4) is 0 Å². The number of rotatable bonds is 8. The van der Waals surface area contributed by atoms with Gasteiger partial charge in [0.25, 0.3) is 0 Å². The molecule has 5 heterocycles. The summed E-state index contributed by atoms with van der Waals surface area (Å²) in [6.07, 6.45) is 3.88. The molecule has 3 N–H and O–H groups in total. The number of nitrogens with zero attached hydrogens (tertiary/aromatic N) is 7. The molecular weight excluding hydrogens is 472 g/mol. The highest BCUT2D eigenvalue weighted by atomic mass is 16.5. The third kappa shape index (κ3) is 6.49. The Morgan fingerprint density at radius 1 is 1.00 bits per heavy atom. The van der Waals surface area contributed by atoms with Crippen molar-refractivity contribution in [2.24, 2.45) is 0 Å². The van der Waals surface area contributed by atoms with E-state index in [2.05, 4.69) is 36.1 Å². The molecule has 0 aliphatic carbocycles. The van der Waals surface area contributed by atoms with Gasteiger partial charge in [0.1, 0.15) is 11.3 Å². The van der Waals surface area contributed by atoms with Gasteiger partial charge in [0.05, 0.1) is 25.0 Å². The summed E-state index contributed by atoms with van der Waals surface area (Å²) in [5, 5.41) is 23.4. The molecule has 1 atom stereocenters. The van der Waals surface area contributed by atoms with Crippen molar-refractivity contribution in [3.8, 4) is 0 Å². The predicted molar refractivity (Wildman–Crippen MR) is 142 cm³/mol. The molecule has 11 nitrogen and oxygen atoms in total. The van der Waals surface area contributed by atoms with Gasteiger partial charge in [0.2, 0.25) is 5.95 Å². The Morgan fingerprint density at radius 3 is 2.59 bits per heavy atom. The fourth-order valence-corrected chi connectivity index (χ4v) is 4.77. The number of aliphatic hydroxyl groups is 2. The van der Waals surface area contributed by atoms with Crippen molar-refractivity contribution < 1.29 is 14.9 Å². The zero-order valence-corrected chi connectivity index (χ0v) is 21.4. The minimum atomic E-state index is -0.684. The lowest BCUT2D eigenvalue weighted by Crippen LogP contribution is -2.46. The second kappa shape index (κ2) is 12.1. The van der Waals surface area contributed by atoms with Crippen LogP contribution in [0, 0.1) is 0 Å². The molecule has 0 bridgehead atoms. The number of nitrogens with one attached hydrogen (secondary N) is 1. The van der Waals surface area contributed by atoms with Crippen LogP contribution in [0.25, 0.3) is 10.9 Å². The molecule has 2 aliphatic rings. The van der Waals surface area contributed by atoms with Crippen molar-refractivity contribution in [3.05, 3.63) is 41.9 Å². The van der Waals surface area contributed by atoms with E-state index < -0.39 is 6.10 Å². The summed E-state index contributed by atoms with van der Waals surface area (Å²) in [5.74, 6) is 1.87. The topological polar surface area (TPSA) is 123 Å². The van der Waals surface area contributed by atoms with Crippen molar-refractivity contribution in [1.29, 1.82) is 0 Å². The number of pyridine rings is 2. The Bertz CT molecular complexity index is 1160. The maximum Gasteiger partial charge on any atom is 0.229 e. The first-order chi connectivity index (χ1) is 18.1. The highest BCUT2D eigenvalue weighted by Crippen LogP contribution is 2.28. The number of anilines is 3. The summed E-state index contributed by atoms with van der Waals surface area (Å²) < 4.78 is 5.62. The molecule has 0 spiro atoms. The normalized spacial score (nSPS) is 18.6. The van der Waals surface area contributed by atoms with Gasteiger partial charge in [-0.3, -0.25) is 9.80 Å². The van der Waals surface area contributed by atoms with Gasteiger partial charge in [-0.1, -0.05) is 6.07 Å². The molecule has 2 saturated heterocycles. The van der Waals surface area contributed by atoms with Crippen LogP contribution in [0.1, 0.15) is 30.7 Å². The lowest BCUT2D eigenvalue weighted by molar-refractivity contribution is 0.108. The number of aromatic nitrogens is 4. The average molecular weight is 509 g/mol. The molecule has 0 aromatic carbocycles. The first-order valence-corrected chi connectivity index (χ1v) is 13.0. The molecule has 11 heteroatoms. The maximum absolute atomic E-state index is 10.2. The van der Waals surface area contributed by atoms with Crippen LogP contribution >= 0.6 is 0 Å².